The summed E-state index contributed by atoms with van der Waals surface area (Å²) in [5.41, 5.74) is 2.11. The highest BCUT2D eigenvalue weighted by Gasteiger charge is 2.34. The van der Waals surface area contributed by atoms with Crippen molar-refractivity contribution in [3.63, 3.8) is 0 Å². The van der Waals surface area contributed by atoms with Gasteiger partial charge in [-0.3, -0.25) is 0 Å². The second-order valence-corrected chi connectivity index (χ2v) is 20.3. The molecule has 0 fully saturated rings. The van der Waals surface area contributed by atoms with Crippen molar-refractivity contribution < 1.29 is 152 Å². The molecule has 0 amide bonds. The Balaban J connectivity index is 2.08. The van der Waals surface area contributed by atoms with E-state index in [0.717, 1.165) is 0 Å². The van der Waals surface area contributed by atoms with Crippen molar-refractivity contribution in [3.05, 3.63) is 93.0 Å². The van der Waals surface area contributed by atoms with Crippen LogP contribution in [0, 0.1) is 0 Å². The van der Waals surface area contributed by atoms with E-state index in [4.69, 9.17) is 114 Å². The average molecular weight is 1360 g/mol. The fourth-order valence-electron chi connectivity index (χ4n) is 9.18. The standard InChI is InChI=1S/C64H80O32/c1-37-41-13-43(51(83-23-59(67)91-31-75-7)17-49(41)81-21-57(65)89-29-73-5)38(2)45-15-47(55(87-27-63(71)95-35-79-11)19-53(45)85-25-61(69)93-33-77-9)40(4)48-16-46(54(86-26-62(70)94-34-78-10)20-56(48)88-28-64(72)96-36-80-12)39(3)44-14-42(37)50(82-22-58(66)90-30-74-6)18-52(44)84-24-60(68)92-32-76-8/h13-20,37-40H,21-36H2,1-12H3. The minimum atomic E-state index is -1.00. The van der Waals surface area contributed by atoms with Gasteiger partial charge in [-0.05, 0) is 24.3 Å². The number of fused-ring (bicyclic) bond motifs is 8. The van der Waals surface area contributed by atoms with Crippen molar-refractivity contribution in [2.45, 2.75) is 51.4 Å². The normalized spacial score (nSPS) is 14.5. The number of methoxy groups -OCH3 is 8. The van der Waals surface area contributed by atoms with Crippen LogP contribution in [0.1, 0.15) is 95.9 Å². The molecule has 0 N–H and O–H groups in total. The smallest absolute Gasteiger partial charge is 0.346 e. The monoisotopic (exact) mass is 1360 g/mol. The van der Waals surface area contributed by atoms with E-state index in [1.807, 2.05) is 0 Å². The largest absolute Gasteiger partial charge is 0.481 e. The number of hydrogen-bond donors (Lipinski definition) is 0. The summed E-state index contributed by atoms with van der Waals surface area (Å²) in [5, 5.41) is 0. The minimum absolute atomic E-state index is 0.0476. The molecule has 8 bridgehead atoms. The second kappa shape index (κ2) is 40.9. The predicted molar refractivity (Wildman–Crippen MR) is 324 cm³/mol. The molecule has 32 nitrogen and oxygen atoms in total. The zero-order valence-electron chi connectivity index (χ0n) is 55.3. The lowest BCUT2D eigenvalue weighted by atomic mass is 9.80. The number of carbonyl (C=O) groups excluding carboxylic acids is 8. The van der Waals surface area contributed by atoms with Crippen molar-refractivity contribution in [2.75, 3.05) is 164 Å². The molecule has 0 atom stereocenters. The molecule has 0 radical (unpaired) electrons. The number of carbonyl (C=O) groups is 8. The molecule has 1 aliphatic carbocycles. The Labute approximate surface area is 552 Å². The van der Waals surface area contributed by atoms with Crippen LogP contribution in [0.25, 0.3) is 0 Å². The lowest BCUT2D eigenvalue weighted by Gasteiger charge is -2.29. The first-order valence-corrected chi connectivity index (χ1v) is 29.2. The molecule has 4 aromatic carbocycles. The molecule has 0 unspecified atom stereocenters. The lowest BCUT2D eigenvalue weighted by molar-refractivity contribution is -0.157. The molecule has 0 saturated heterocycles. The summed E-state index contributed by atoms with van der Waals surface area (Å²) in [6.45, 7) is -2.43. The summed E-state index contributed by atoms with van der Waals surface area (Å²) in [6, 6.07) is 12.2. The predicted octanol–water partition coefficient (Wildman–Crippen LogP) is 4.81. The van der Waals surface area contributed by atoms with E-state index < -0.39 is 179 Å². The number of esters is 8. The van der Waals surface area contributed by atoms with Crippen LogP contribution in [0.5, 0.6) is 46.0 Å². The van der Waals surface area contributed by atoms with Gasteiger partial charge in [-0.2, -0.15) is 0 Å². The Hall–Kier alpha value is -9.28. The van der Waals surface area contributed by atoms with Gasteiger partial charge in [0.1, 0.15) is 46.0 Å². The van der Waals surface area contributed by atoms with Crippen LogP contribution in [-0.2, 0) is 114 Å². The van der Waals surface area contributed by atoms with Gasteiger partial charge in [0.2, 0.25) is 0 Å². The zero-order chi connectivity index (χ0) is 70.1. The maximum absolute atomic E-state index is 13.3. The fraction of sp³-hybridized carbons (Fsp3) is 0.500. The summed E-state index contributed by atoms with van der Waals surface area (Å²) < 4.78 is 132. The summed E-state index contributed by atoms with van der Waals surface area (Å²) >= 11 is 0. The first-order chi connectivity index (χ1) is 46.2. The van der Waals surface area contributed by atoms with Crippen LogP contribution in [0.2, 0.25) is 0 Å². The van der Waals surface area contributed by atoms with Crippen molar-refractivity contribution in [1.82, 2.24) is 0 Å². The minimum Gasteiger partial charge on any atom is -0.481 e. The Morgan fingerprint density at radius 3 is 0.438 bits per heavy atom. The van der Waals surface area contributed by atoms with Gasteiger partial charge in [-0.15, -0.1) is 0 Å². The van der Waals surface area contributed by atoms with Gasteiger partial charge in [-0.25, -0.2) is 38.4 Å². The second-order valence-electron chi connectivity index (χ2n) is 20.3. The van der Waals surface area contributed by atoms with Crippen molar-refractivity contribution in [1.29, 1.82) is 0 Å². The number of hydrogen-bond acceptors (Lipinski definition) is 32. The van der Waals surface area contributed by atoms with Gasteiger partial charge >= 0.3 is 47.8 Å². The first kappa shape index (κ1) is 77.4. The first-order valence-electron chi connectivity index (χ1n) is 29.2. The van der Waals surface area contributed by atoms with E-state index in [0.29, 0.717) is 0 Å². The average Bonchev–Trinajstić information content (AvgIpc) is 0.758. The van der Waals surface area contributed by atoms with Crippen LogP contribution < -0.4 is 37.9 Å². The maximum Gasteiger partial charge on any atom is 0.346 e. The van der Waals surface area contributed by atoms with Crippen LogP contribution in [0.3, 0.4) is 0 Å². The summed E-state index contributed by atoms with van der Waals surface area (Å²) in [4.78, 5) is 106. The summed E-state index contributed by atoms with van der Waals surface area (Å²) in [6.07, 6.45) is 0. The number of rotatable bonds is 40. The molecule has 96 heavy (non-hydrogen) atoms. The molecular weight excluding hydrogens is 1280 g/mol. The molecule has 32 heteroatoms. The zero-order valence-corrected chi connectivity index (χ0v) is 55.3. The Morgan fingerprint density at radius 1 is 0.219 bits per heavy atom. The van der Waals surface area contributed by atoms with Crippen LogP contribution in [-0.4, -0.2) is 212 Å². The molecule has 1 aliphatic rings. The fourth-order valence-corrected chi connectivity index (χ4v) is 9.18. The summed E-state index contributed by atoms with van der Waals surface area (Å²) in [5.74, 6) is -11.4. The molecule has 528 valence electrons. The van der Waals surface area contributed by atoms with Gasteiger partial charge < -0.3 is 114 Å². The highest BCUT2D eigenvalue weighted by Crippen LogP contribution is 2.51. The van der Waals surface area contributed by atoms with E-state index in [9.17, 15) is 38.4 Å². The third-order valence-corrected chi connectivity index (χ3v) is 13.8. The quantitative estimate of drug-likeness (QED) is 0.0327. The van der Waals surface area contributed by atoms with Gasteiger partial charge in [0, 0.05) is 149 Å². The van der Waals surface area contributed by atoms with E-state index in [1.54, 1.807) is 52.0 Å². The van der Waals surface area contributed by atoms with Crippen molar-refractivity contribution >= 4 is 47.8 Å². The Morgan fingerprint density at radius 2 is 0.333 bits per heavy atom. The van der Waals surface area contributed by atoms with Gasteiger partial charge in [0.25, 0.3) is 0 Å². The summed E-state index contributed by atoms with van der Waals surface area (Å²) in [7, 11) is 10.5. The van der Waals surface area contributed by atoms with Crippen LogP contribution >= 0.6 is 0 Å². The van der Waals surface area contributed by atoms with Gasteiger partial charge in [0.05, 0.1) is 0 Å². The van der Waals surface area contributed by atoms with Crippen LogP contribution in [0.4, 0.5) is 0 Å². The topological polar surface area (TPSA) is 358 Å². The molecule has 0 aromatic heterocycles. The van der Waals surface area contributed by atoms with Crippen molar-refractivity contribution in [2.24, 2.45) is 0 Å². The molecular formula is C64H80O32. The highest BCUT2D eigenvalue weighted by molar-refractivity contribution is 5.76. The molecule has 0 heterocycles. The third kappa shape index (κ3) is 23.6. The maximum atomic E-state index is 13.3. The van der Waals surface area contributed by atoms with E-state index in [-0.39, 0.29) is 90.5 Å². The molecule has 0 aliphatic heterocycles. The molecule has 4 aromatic rings. The van der Waals surface area contributed by atoms with E-state index in [2.05, 4.69) is 0 Å². The molecule has 0 saturated carbocycles. The highest BCUT2D eigenvalue weighted by atomic mass is 16.7. The lowest BCUT2D eigenvalue weighted by Crippen LogP contribution is -2.21. The van der Waals surface area contributed by atoms with E-state index in [1.165, 1.54) is 81.1 Å². The third-order valence-electron chi connectivity index (χ3n) is 13.8. The van der Waals surface area contributed by atoms with Crippen molar-refractivity contribution in [3.8, 4) is 46.0 Å². The Kier molecular flexibility index (Phi) is 32.9. The number of ether oxygens (including phenoxy) is 24. The molecule has 5 rings (SSSR count). The van der Waals surface area contributed by atoms with Crippen LogP contribution in [0.15, 0.2) is 48.5 Å². The van der Waals surface area contributed by atoms with Gasteiger partial charge in [-0.1, -0.05) is 27.7 Å². The SMILES string of the molecule is COCOC(=O)COc1cc(OCC(=O)OCOC)c2cc1C(C)c1cc(c(OCC(=O)OCOC)cc1OCC(=O)OCOC)C(C)c1cc(c(OCC(=O)OCOC)cc1OCC(=O)OCOC)C(C)c1cc(c(OCC(=O)OCOC)cc1OCC(=O)OCOC)C2C. The van der Waals surface area contributed by atoms with Gasteiger partial charge in [0.15, 0.2) is 107 Å². The molecule has 0 spiro atoms. The number of benzene rings is 4. The van der Waals surface area contributed by atoms with E-state index >= 15 is 0 Å². The Bertz CT molecular complexity index is 2620.